The average molecular weight is 377 g/mol. The van der Waals surface area contributed by atoms with Gasteiger partial charge in [-0.2, -0.15) is 0 Å². The molecule has 0 saturated carbocycles. The van der Waals surface area contributed by atoms with Crippen LogP contribution in [0.4, 0.5) is 0 Å². The molecule has 0 bridgehead atoms. The van der Waals surface area contributed by atoms with Gasteiger partial charge in [0.1, 0.15) is 0 Å². The molecule has 152 valence electrons. The van der Waals surface area contributed by atoms with Gasteiger partial charge in [-0.15, -0.1) is 0 Å². The maximum Gasteiger partial charge on any atom is 0.191 e. The highest BCUT2D eigenvalue weighted by Crippen LogP contribution is 2.14. The van der Waals surface area contributed by atoms with E-state index in [4.69, 9.17) is 9.47 Å². The summed E-state index contributed by atoms with van der Waals surface area (Å²) in [6.07, 6.45) is 3.24. The Bertz CT molecular complexity index is 540. The molecule has 1 fully saturated rings. The predicted molar refractivity (Wildman–Crippen MR) is 111 cm³/mol. The van der Waals surface area contributed by atoms with Gasteiger partial charge in [-0.25, -0.2) is 0 Å². The smallest absolute Gasteiger partial charge is 0.191 e. The fraction of sp³-hybridized carbons (Fsp3) is 0.667. The summed E-state index contributed by atoms with van der Waals surface area (Å²) in [5.74, 6) is 1.50. The van der Waals surface area contributed by atoms with Crippen LogP contribution in [0.2, 0.25) is 0 Å². The SMILES string of the molecule is CN=C(NCCCOCC1CCOCC1)NCc1ccc(CN(C)C)cc1. The molecule has 27 heavy (non-hydrogen) atoms. The van der Waals surface area contributed by atoms with E-state index in [1.807, 2.05) is 0 Å². The number of rotatable bonds is 10. The van der Waals surface area contributed by atoms with Crippen LogP contribution >= 0.6 is 0 Å². The molecule has 1 heterocycles. The lowest BCUT2D eigenvalue weighted by atomic mass is 10.0. The quantitative estimate of drug-likeness (QED) is 0.373. The number of benzene rings is 1. The van der Waals surface area contributed by atoms with Crippen molar-refractivity contribution >= 4 is 5.96 Å². The van der Waals surface area contributed by atoms with Crippen molar-refractivity contribution in [2.75, 3.05) is 54.1 Å². The van der Waals surface area contributed by atoms with Gasteiger partial charge in [0.15, 0.2) is 5.96 Å². The highest BCUT2D eigenvalue weighted by Gasteiger charge is 2.13. The van der Waals surface area contributed by atoms with Crippen LogP contribution in [-0.2, 0) is 22.6 Å². The molecule has 1 aliphatic heterocycles. The summed E-state index contributed by atoms with van der Waals surface area (Å²) in [5, 5.41) is 6.71. The number of guanidine groups is 1. The Morgan fingerprint density at radius 1 is 1.15 bits per heavy atom. The van der Waals surface area contributed by atoms with E-state index < -0.39 is 0 Å². The lowest BCUT2D eigenvalue weighted by molar-refractivity contribution is 0.0203. The van der Waals surface area contributed by atoms with Crippen molar-refractivity contribution < 1.29 is 9.47 Å². The van der Waals surface area contributed by atoms with Gasteiger partial charge in [0, 0.05) is 53.1 Å². The maximum absolute atomic E-state index is 5.80. The molecule has 0 atom stereocenters. The minimum absolute atomic E-state index is 0.672. The van der Waals surface area contributed by atoms with E-state index in [9.17, 15) is 0 Å². The van der Waals surface area contributed by atoms with Crippen LogP contribution in [0, 0.1) is 5.92 Å². The van der Waals surface area contributed by atoms with Crippen molar-refractivity contribution in [3.8, 4) is 0 Å². The van der Waals surface area contributed by atoms with E-state index in [0.717, 1.165) is 71.3 Å². The molecule has 1 aliphatic rings. The fourth-order valence-electron chi connectivity index (χ4n) is 3.08. The van der Waals surface area contributed by atoms with Crippen LogP contribution < -0.4 is 10.6 Å². The summed E-state index contributed by atoms with van der Waals surface area (Å²) in [4.78, 5) is 6.46. The Morgan fingerprint density at radius 3 is 2.52 bits per heavy atom. The number of aliphatic imine (C=N–C) groups is 1. The van der Waals surface area contributed by atoms with Gasteiger partial charge in [-0.05, 0) is 50.4 Å². The van der Waals surface area contributed by atoms with Gasteiger partial charge >= 0.3 is 0 Å². The van der Waals surface area contributed by atoms with Gasteiger partial charge in [-0.1, -0.05) is 24.3 Å². The van der Waals surface area contributed by atoms with E-state index in [0.29, 0.717) is 5.92 Å². The second kappa shape index (κ2) is 12.7. The Balaban J connectivity index is 1.56. The van der Waals surface area contributed by atoms with Crippen molar-refractivity contribution in [3.05, 3.63) is 35.4 Å². The number of hydrogen-bond acceptors (Lipinski definition) is 4. The molecular weight excluding hydrogens is 340 g/mol. The summed E-state index contributed by atoms with van der Waals surface area (Å²) in [7, 11) is 5.97. The summed E-state index contributed by atoms with van der Waals surface area (Å²) >= 11 is 0. The van der Waals surface area contributed by atoms with Crippen LogP contribution in [0.25, 0.3) is 0 Å². The van der Waals surface area contributed by atoms with Gasteiger partial charge in [0.2, 0.25) is 0 Å². The fourth-order valence-corrected chi connectivity index (χ4v) is 3.08. The molecule has 2 N–H and O–H groups in total. The molecule has 0 aliphatic carbocycles. The molecular formula is C21H36N4O2. The zero-order valence-electron chi connectivity index (χ0n) is 17.2. The van der Waals surface area contributed by atoms with Crippen LogP contribution in [0.5, 0.6) is 0 Å². The van der Waals surface area contributed by atoms with E-state index >= 15 is 0 Å². The summed E-state index contributed by atoms with van der Waals surface area (Å²) in [6.45, 7) is 6.01. The Morgan fingerprint density at radius 2 is 1.85 bits per heavy atom. The third kappa shape index (κ3) is 9.22. The first-order valence-corrected chi connectivity index (χ1v) is 10.00. The van der Waals surface area contributed by atoms with Crippen LogP contribution in [0.1, 0.15) is 30.4 Å². The van der Waals surface area contributed by atoms with Crippen molar-refractivity contribution in [3.63, 3.8) is 0 Å². The van der Waals surface area contributed by atoms with Crippen molar-refractivity contribution in [1.82, 2.24) is 15.5 Å². The molecule has 0 aromatic heterocycles. The van der Waals surface area contributed by atoms with Crippen molar-refractivity contribution in [1.29, 1.82) is 0 Å². The highest BCUT2D eigenvalue weighted by molar-refractivity contribution is 5.79. The third-order valence-corrected chi connectivity index (χ3v) is 4.66. The van der Waals surface area contributed by atoms with Crippen LogP contribution in [-0.4, -0.2) is 65.0 Å². The van der Waals surface area contributed by atoms with E-state index in [2.05, 4.69) is 58.9 Å². The minimum Gasteiger partial charge on any atom is -0.381 e. The first-order chi connectivity index (χ1) is 13.2. The summed E-state index contributed by atoms with van der Waals surface area (Å²) < 4.78 is 11.2. The number of ether oxygens (including phenoxy) is 2. The molecule has 1 aromatic carbocycles. The van der Waals surface area contributed by atoms with Crippen LogP contribution in [0.3, 0.4) is 0 Å². The molecule has 2 rings (SSSR count). The largest absolute Gasteiger partial charge is 0.381 e. The van der Waals surface area contributed by atoms with Crippen molar-refractivity contribution in [2.45, 2.75) is 32.4 Å². The number of hydrogen-bond donors (Lipinski definition) is 2. The Kier molecular flexibility index (Phi) is 10.2. The maximum atomic E-state index is 5.80. The third-order valence-electron chi connectivity index (χ3n) is 4.66. The van der Waals surface area contributed by atoms with Gasteiger partial charge < -0.3 is 25.0 Å². The first-order valence-electron chi connectivity index (χ1n) is 10.00. The molecule has 6 nitrogen and oxygen atoms in total. The lowest BCUT2D eigenvalue weighted by Crippen LogP contribution is -2.37. The highest BCUT2D eigenvalue weighted by atomic mass is 16.5. The zero-order chi connectivity index (χ0) is 19.3. The predicted octanol–water partition coefficient (Wildman–Crippen LogP) is 2.25. The number of nitrogens with one attached hydrogen (secondary N) is 2. The average Bonchev–Trinajstić information content (AvgIpc) is 2.68. The molecule has 1 aromatic rings. The van der Waals surface area contributed by atoms with Gasteiger partial charge in [-0.3, -0.25) is 4.99 Å². The van der Waals surface area contributed by atoms with Crippen LogP contribution in [0.15, 0.2) is 29.3 Å². The topological polar surface area (TPSA) is 58.1 Å². The Labute approximate surface area is 164 Å². The molecule has 0 spiro atoms. The second-order valence-corrected chi connectivity index (χ2v) is 7.39. The summed E-state index contributed by atoms with van der Waals surface area (Å²) in [5.41, 5.74) is 2.58. The standard InChI is InChI=1S/C21H36N4O2/c1-22-21(23-11-4-12-27-17-20-9-13-26-14-10-20)24-15-18-5-7-19(8-6-18)16-25(2)3/h5-8,20H,4,9-17H2,1-3H3,(H2,22,23,24). The van der Waals surface area contributed by atoms with Crippen molar-refractivity contribution in [2.24, 2.45) is 10.9 Å². The molecule has 6 heteroatoms. The van der Waals surface area contributed by atoms with Gasteiger partial charge in [0.25, 0.3) is 0 Å². The van der Waals surface area contributed by atoms with E-state index in [-0.39, 0.29) is 0 Å². The Hall–Kier alpha value is -1.63. The zero-order valence-corrected chi connectivity index (χ0v) is 17.2. The molecule has 0 unspecified atom stereocenters. The normalized spacial score (nSPS) is 15.9. The van der Waals surface area contributed by atoms with E-state index in [1.54, 1.807) is 7.05 Å². The molecule has 0 amide bonds. The molecule has 1 saturated heterocycles. The molecule has 0 radical (unpaired) electrons. The number of nitrogens with zero attached hydrogens (tertiary/aromatic N) is 2. The van der Waals surface area contributed by atoms with E-state index in [1.165, 1.54) is 11.1 Å². The second-order valence-electron chi connectivity index (χ2n) is 7.39. The monoisotopic (exact) mass is 376 g/mol. The van der Waals surface area contributed by atoms with Gasteiger partial charge in [0.05, 0.1) is 0 Å². The first kappa shape index (κ1) is 21.7. The summed E-state index contributed by atoms with van der Waals surface area (Å²) in [6, 6.07) is 8.71. The minimum atomic E-state index is 0.672. The lowest BCUT2D eigenvalue weighted by Gasteiger charge is -2.21.